The molecule has 0 bridgehead atoms. The zero-order valence-electron chi connectivity index (χ0n) is 43.1. The van der Waals surface area contributed by atoms with E-state index in [9.17, 15) is 14.4 Å². The Bertz CT molecular complexity index is 1040. The van der Waals surface area contributed by atoms with E-state index in [1.54, 1.807) is 0 Å². The van der Waals surface area contributed by atoms with Crippen molar-refractivity contribution < 1.29 is 28.6 Å². The van der Waals surface area contributed by atoms with Crippen molar-refractivity contribution in [1.82, 2.24) is 0 Å². The van der Waals surface area contributed by atoms with Crippen LogP contribution in [0.3, 0.4) is 0 Å². The first-order valence-electron chi connectivity index (χ1n) is 28.3. The fraction of sp³-hybridized carbons (Fsp3) is 0.879. The van der Waals surface area contributed by atoms with E-state index < -0.39 is 6.10 Å². The van der Waals surface area contributed by atoms with E-state index in [2.05, 4.69) is 45.1 Å². The molecule has 0 fully saturated rings. The van der Waals surface area contributed by atoms with Gasteiger partial charge in [-0.2, -0.15) is 0 Å². The van der Waals surface area contributed by atoms with Gasteiger partial charge in [-0.1, -0.05) is 270 Å². The van der Waals surface area contributed by atoms with Gasteiger partial charge in [-0.05, 0) is 44.9 Å². The number of unbranched alkanes of at least 4 members (excludes halogenated alkanes) is 37. The van der Waals surface area contributed by atoms with Gasteiger partial charge in [0.2, 0.25) is 0 Å². The summed E-state index contributed by atoms with van der Waals surface area (Å²) in [6, 6.07) is 0. The molecule has 0 aromatic heterocycles. The normalized spacial score (nSPS) is 12.1. The topological polar surface area (TPSA) is 78.9 Å². The number of rotatable bonds is 52. The van der Waals surface area contributed by atoms with Crippen molar-refractivity contribution in [2.45, 2.75) is 316 Å². The third-order valence-corrected chi connectivity index (χ3v) is 12.7. The van der Waals surface area contributed by atoms with Crippen molar-refractivity contribution >= 4 is 17.9 Å². The lowest BCUT2D eigenvalue weighted by Crippen LogP contribution is -2.30. The fourth-order valence-corrected chi connectivity index (χ4v) is 8.42. The fourth-order valence-electron chi connectivity index (χ4n) is 8.42. The first-order valence-corrected chi connectivity index (χ1v) is 28.3. The molecule has 1 unspecified atom stereocenters. The number of carbonyl (C=O) groups is 3. The lowest BCUT2D eigenvalue weighted by atomic mass is 10.0. The van der Waals surface area contributed by atoms with E-state index >= 15 is 0 Å². The van der Waals surface area contributed by atoms with Gasteiger partial charge in [0.1, 0.15) is 13.2 Å². The molecule has 64 heavy (non-hydrogen) atoms. The molecule has 0 aromatic carbocycles. The molecule has 6 nitrogen and oxygen atoms in total. The monoisotopic (exact) mass is 901 g/mol. The van der Waals surface area contributed by atoms with Gasteiger partial charge in [0.25, 0.3) is 0 Å². The van der Waals surface area contributed by atoms with Gasteiger partial charge in [-0.3, -0.25) is 14.4 Å². The zero-order chi connectivity index (χ0) is 46.5. The van der Waals surface area contributed by atoms with Crippen LogP contribution in [0.4, 0.5) is 0 Å². The first-order chi connectivity index (χ1) is 31.5. The van der Waals surface area contributed by atoms with Gasteiger partial charge in [0.15, 0.2) is 6.10 Å². The van der Waals surface area contributed by atoms with Gasteiger partial charge in [0.05, 0.1) is 0 Å². The van der Waals surface area contributed by atoms with Gasteiger partial charge in [-0.25, -0.2) is 0 Å². The number of ether oxygens (including phenoxy) is 3. The second-order valence-electron chi connectivity index (χ2n) is 19.2. The van der Waals surface area contributed by atoms with Crippen molar-refractivity contribution in [2.24, 2.45) is 0 Å². The summed E-state index contributed by atoms with van der Waals surface area (Å²) < 4.78 is 16.9. The van der Waals surface area contributed by atoms with Crippen molar-refractivity contribution in [1.29, 1.82) is 0 Å². The Morgan fingerprint density at radius 1 is 0.312 bits per heavy atom. The molecule has 0 aliphatic rings. The average Bonchev–Trinajstić information content (AvgIpc) is 3.29. The average molecular weight is 901 g/mol. The third-order valence-electron chi connectivity index (χ3n) is 12.7. The predicted octanol–water partition coefficient (Wildman–Crippen LogP) is 18.7. The molecule has 376 valence electrons. The molecule has 0 N–H and O–H groups in total. The summed E-state index contributed by atoms with van der Waals surface area (Å²) in [6.45, 7) is 6.61. The smallest absolute Gasteiger partial charge is 0.306 e. The summed E-state index contributed by atoms with van der Waals surface area (Å²) in [5, 5.41) is 0. The Morgan fingerprint density at radius 2 is 0.594 bits per heavy atom. The van der Waals surface area contributed by atoms with Gasteiger partial charge in [0, 0.05) is 19.3 Å². The molecule has 0 heterocycles. The zero-order valence-corrected chi connectivity index (χ0v) is 43.1. The van der Waals surface area contributed by atoms with Crippen LogP contribution in [0.1, 0.15) is 310 Å². The number of esters is 3. The van der Waals surface area contributed by atoms with Crippen LogP contribution in [0.15, 0.2) is 24.3 Å². The van der Waals surface area contributed by atoms with Crippen LogP contribution < -0.4 is 0 Å². The maximum atomic E-state index is 12.8. The Morgan fingerprint density at radius 3 is 0.922 bits per heavy atom. The highest BCUT2D eigenvalue weighted by Gasteiger charge is 2.19. The van der Waals surface area contributed by atoms with Crippen LogP contribution >= 0.6 is 0 Å². The van der Waals surface area contributed by atoms with Crippen molar-refractivity contribution in [3.8, 4) is 0 Å². The lowest BCUT2D eigenvalue weighted by Gasteiger charge is -2.18. The van der Waals surface area contributed by atoms with Gasteiger partial charge < -0.3 is 14.2 Å². The first kappa shape index (κ1) is 61.9. The Balaban J connectivity index is 4.31. The highest BCUT2D eigenvalue weighted by Crippen LogP contribution is 2.17. The van der Waals surface area contributed by atoms with Crippen molar-refractivity contribution in [2.75, 3.05) is 13.2 Å². The molecule has 0 aliphatic heterocycles. The number of carbonyl (C=O) groups excluding carboxylic acids is 3. The van der Waals surface area contributed by atoms with E-state index in [0.29, 0.717) is 19.3 Å². The Kier molecular flexibility index (Phi) is 51.7. The maximum Gasteiger partial charge on any atom is 0.306 e. The Hall–Kier alpha value is -2.11. The van der Waals surface area contributed by atoms with Crippen LogP contribution in [-0.2, 0) is 28.6 Å². The highest BCUT2D eigenvalue weighted by atomic mass is 16.6. The lowest BCUT2D eigenvalue weighted by molar-refractivity contribution is -0.167. The molecule has 0 rings (SSSR count). The molecule has 0 saturated carbocycles. The molecule has 6 heteroatoms. The minimum Gasteiger partial charge on any atom is -0.462 e. The van der Waals surface area contributed by atoms with Crippen LogP contribution in [0.2, 0.25) is 0 Å². The van der Waals surface area contributed by atoms with Crippen molar-refractivity contribution in [3.63, 3.8) is 0 Å². The van der Waals surface area contributed by atoms with Crippen LogP contribution in [0, 0.1) is 0 Å². The van der Waals surface area contributed by atoms with E-state index in [-0.39, 0.29) is 31.1 Å². The molecule has 0 amide bonds. The summed E-state index contributed by atoms with van der Waals surface area (Å²) in [4.78, 5) is 38.1. The quantitative estimate of drug-likeness (QED) is 0.0262. The molecule has 0 aromatic rings. The van der Waals surface area contributed by atoms with Gasteiger partial charge in [-0.15, -0.1) is 0 Å². The van der Waals surface area contributed by atoms with Crippen molar-refractivity contribution in [3.05, 3.63) is 24.3 Å². The number of hydrogen-bond acceptors (Lipinski definition) is 6. The molecule has 0 spiro atoms. The summed E-state index contributed by atoms with van der Waals surface area (Å²) in [5.41, 5.74) is 0. The summed E-state index contributed by atoms with van der Waals surface area (Å²) in [7, 11) is 0. The minimum atomic E-state index is -0.771. The standard InChI is InChI=1S/C58H108O6/c1-4-7-10-13-16-19-22-25-27-28-29-31-33-36-39-42-45-48-51-57(60)63-54-55(53-62-56(59)50-47-44-41-38-35-32-24-21-18-15-12-9-6-3)64-58(61)52-49-46-43-40-37-34-30-26-23-20-17-14-11-8-5-2/h12,15,21,24,55H,4-11,13-14,16-20,22-23,25-54H2,1-3H3/b15-12-,24-21-. The van der Waals surface area contributed by atoms with E-state index in [0.717, 1.165) is 83.5 Å². The predicted molar refractivity (Wildman–Crippen MR) is 275 cm³/mol. The Labute approximate surface area is 398 Å². The summed E-state index contributed by atoms with van der Waals surface area (Å²) in [5.74, 6) is -0.865. The third kappa shape index (κ3) is 50.9. The molecular formula is C58H108O6. The number of allylic oxidation sites excluding steroid dienone is 4. The summed E-state index contributed by atoms with van der Waals surface area (Å²) >= 11 is 0. The van der Waals surface area contributed by atoms with Crippen LogP contribution in [0.25, 0.3) is 0 Å². The second-order valence-corrected chi connectivity index (χ2v) is 19.2. The maximum absolute atomic E-state index is 12.8. The second kappa shape index (κ2) is 53.5. The van der Waals surface area contributed by atoms with Crippen LogP contribution in [0.5, 0.6) is 0 Å². The summed E-state index contributed by atoms with van der Waals surface area (Å²) in [6.07, 6.45) is 61.7. The molecule has 1 atom stereocenters. The SMILES string of the molecule is CCC/C=C\C/C=C\CCCCCCCC(=O)OCC(COC(=O)CCCCCCCCCCCCCCCCCCCC)OC(=O)CCCCCCCCCCCCCCCCC. The highest BCUT2D eigenvalue weighted by molar-refractivity contribution is 5.71. The molecule has 0 saturated heterocycles. The molecule has 0 aliphatic carbocycles. The molecular weight excluding hydrogens is 793 g/mol. The molecule has 0 radical (unpaired) electrons. The van der Waals surface area contributed by atoms with Gasteiger partial charge >= 0.3 is 17.9 Å². The van der Waals surface area contributed by atoms with E-state index in [4.69, 9.17) is 14.2 Å². The number of hydrogen-bond donors (Lipinski definition) is 0. The largest absolute Gasteiger partial charge is 0.462 e. The van der Waals surface area contributed by atoms with E-state index in [1.165, 1.54) is 186 Å². The minimum absolute atomic E-state index is 0.0702. The van der Waals surface area contributed by atoms with E-state index in [1.807, 2.05) is 0 Å². The van der Waals surface area contributed by atoms with Crippen LogP contribution in [-0.4, -0.2) is 37.2 Å².